The number of hydrogen-bond donors (Lipinski definition) is 1. The Morgan fingerprint density at radius 3 is 2.80 bits per heavy atom. The van der Waals surface area contributed by atoms with E-state index in [4.69, 9.17) is 4.42 Å². The van der Waals surface area contributed by atoms with Gasteiger partial charge in [0.15, 0.2) is 0 Å². The molecule has 0 spiro atoms. The van der Waals surface area contributed by atoms with Gasteiger partial charge in [-0.25, -0.2) is 0 Å². The van der Waals surface area contributed by atoms with Gasteiger partial charge in [0, 0.05) is 18.3 Å². The van der Waals surface area contributed by atoms with Crippen LogP contribution in [0, 0.1) is 6.92 Å². The zero-order chi connectivity index (χ0) is 13.9. The third-order valence-corrected chi connectivity index (χ3v) is 3.81. The van der Waals surface area contributed by atoms with Crippen molar-refractivity contribution in [2.24, 2.45) is 0 Å². The van der Waals surface area contributed by atoms with Crippen molar-refractivity contribution in [3.8, 4) is 0 Å². The fourth-order valence-corrected chi connectivity index (χ4v) is 2.69. The van der Waals surface area contributed by atoms with Crippen molar-refractivity contribution in [1.82, 2.24) is 5.32 Å². The second-order valence-electron chi connectivity index (χ2n) is 5.60. The van der Waals surface area contributed by atoms with E-state index in [0.717, 1.165) is 18.8 Å². The summed E-state index contributed by atoms with van der Waals surface area (Å²) in [6, 6.07) is 11.4. The topological polar surface area (TPSA) is 28.4 Å². The van der Waals surface area contributed by atoms with Crippen LogP contribution in [0.1, 0.15) is 29.7 Å². The molecule has 0 unspecified atom stereocenters. The molecule has 106 valence electrons. The molecule has 2 aromatic rings. The number of benzene rings is 1. The maximum Gasteiger partial charge on any atom is 0.123 e. The van der Waals surface area contributed by atoms with Crippen molar-refractivity contribution < 1.29 is 4.42 Å². The van der Waals surface area contributed by atoms with Gasteiger partial charge in [-0.05, 0) is 50.6 Å². The first-order chi connectivity index (χ1) is 9.78. The van der Waals surface area contributed by atoms with Gasteiger partial charge in [-0.15, -0.1) is 0 Å². The second-order valence-corrected chi connectivity index (χ2v) is 5.60. The summed E-state index contributed by atoms with van der Waals surface area (Å²) in [5.74, 6) is 1.04. The highest BCUT2D eigenvalue weighted by Gasteiger charge is 2.30. The van der Waals surface area contributed by atoms with Crippen molar-refractivity contribution >= 4 is 5.69 Å². The summed E-state index contributed by atoms with van der Waals surface area (Å²) < 4.78 is 5.53. The third kappa shape index (κ3) is 2.88. The summed E-state index contributed by atoms with van der Waals surface area (Å²) in [6.45, 7) is 3.91. The van der Waals surface area contributed by atoms with Gasteiger partial charge >= 0.3 is 0 Å². The Balaban J connectivity index is 1.90. The van der Waals surface area contributed by atoms with Gasteiger partial charge in [0.2, 0.25) is 0 Å². The van der Waals surface area contributed by atoms with Crippen LogP contribution in [0.2, 0.25) is 0 Å². The summed E-state index contributed by atoms with van der Waals surface area (Å²) >= 11 is 0. The van der Waals surface area contributed by atoms with Crippen LogP contribution < -0.4 is 10.2 Å². The molecule has 1 fully saturated rings. The van der Waals surface area contributed by atoms with E-state index in [-0.39, 0.29) is 0 Å². The lowest BCUT2D eigenvalue weighted by Gasteiger charge is -2.26. The quantitative estimate of drug-likeness (QED) is 0.871. The fraction of sp³-hybridized carbons (Fsp3) is 0.412. The highest BCUT2D eigenvalue weighted by Crippen LogP contribution is 2.35. The van der Waals surface area contributed by atoms with Crippen LogP contribution in [0.5, 0.6) is 0 Å². The second kappa shape index (κ2) is 5.71. The van der Waals surface area contributed by atoms with Crippen LogP contribution in [0.15, 0.2) is 41.0 Å². The van der Waals surface area contributed by atoms with Gasteiger partial charge < -0.3 is 14.6 Å². The molecular formula is C17H22N2O. The van der Waals surface area contributed by atoms with E-state index in [1.165, 1.54) is 29.7 Å². The minimum atomic E-state index is 0.665. The first kappa shape index (κ1) is 13.3. The molecule has 0 bridgehead atoms. The number of aryl methyl sites for hydroxylation is 1. The largest absolute Gasteiger partial charge is 0.467 e. The van der Waals surface area contributed by atoms with Gasteiger partial charge in [-0.1, -0.05) is 17.7 Å². The zero-order valence-electron chi connectivity index (χ0n) is 12.2. The molecule has 1 aromatic carbocycles. The van der Waals surface area contributed by atoms with Gasteiger partial charge in [0.05, 0.1) is 12.8 Å². The van der Waals surface area contributed by atoms with Crippen molar-refractivity contribution in [3.63, 3.8) is 0 Å². The lowest BCUT2D eigenvalue weighted by molar-refractivity contribution is 0.501. The number of nitrogens with one attached hydrogen (secondary N) is 1. The molecule has 0 atom stereocenters. The number of nitrogens with zero attached hydrogens (tertiary/aromatic N) is 1. The van der Waals surface area contributed by atoms with E-state index in [2.05, 4.69) is 41.4 Å². The summed E-state index contributed by atoms with van der Waals surface area (Å²) in [6.07, 6.45) is 4.32. The van der Waals surface area contributed by atoms with E-state index in [1.807, 2.05) is 13.1 Å². The van der Waals surface area contributed by atoms with Crippen molar-refractivity contribution in [2.75, 3.05) is 11.9 Å². The molecule has 3 nitrogen and oxygen atoms in total. The lowest BCUT2D eigenvalue weighted by Crippen LogP contribution is -2.26. The van der Waals surface area contributed by atoms with E-state index in [0.29, 0.717) is 6.04 Å². The summed E-state index contributed by atoms with van der Waals surface area (Å²) in [5, 5.41) is 3.27. The fourth-order valence-electron chi connectivity index (χ4n) is 2.69. The SMILES string of the molecule is CNCc1cc(C)ccc1N(Cc1ccco1)C1CC1. The van der Waals surface area contributed by atoms with Crippen LogP contribution in [0.4, 0.5) is 5.69 Å². The molecule has 1 aliphatic carbocycles. The average molecular weight is 270 g/mol. The first-order valence-corrected chi connectivity index (χ1v) is 7.31. The number of hydrogen-bond acceptors (Lipinski definition) is 3. The molecule has 1 aliphatic rings. The number of rotatable bonds is 6. The predicted octanol–water partition coefficient (Wildman–Crippen LogP) is 3.48. The Morgan fingerprint density at radius 1 is 1.30 bits per heavy atom. The van der Waals surface area contributed by atoms with Gasteiger partial charge in [-0.2, -0.15) is 0 Å². The molecule has 0 aliphatic heterocycles. The Labute approximate surface area is 120 Å². The predicted molar refractivity (Wildman–Crippen MR) is 81.9 cm³/mol. The van der Waals surface area contributed by atoms with Crippen LogP contribution in [0.25, 0.3) is 0 Å². The highest BCUT2D eigenvalue weighted by molar-refractivity contribution is 5.56. The van der Waals surface area contributed by atoms with E-state index in [9.17, 15) is 0 Å². The molecule has 1 saturated carbocycles. The standard InChI is InChI=1S/C17H22N2O/c1-13-5-8-17(14(10-13)11-18-2)19(15-6-7-15)12-16-4-3-9-20-16/h3-5,8-10,15,18H,6-7,11-12H2,1-2H3. The van der Waals surface area contributed by atoms with Crippen LogP contribution in [-0.2, 0) is 13.1 Å². The van der Waals surface area contributed by atoms with Crippen LogP contribution >= 0.6 is 0 Å². The molecule has 3 rings (SSSR count). The molecule has 1 aromatic heterocycles. The Morgan fingerprint density at radius 2 is 2.15 bits per heavy atom. The van der Waals surface area contributed by atoms with E-state index >= 15 is 0 Å². The number of furan rings is 1. The minimum absolute atomic E-state index is 0.665. The van der Waals surface area contributed by atoms with Crippen LogP contribution in [0.3, 0.4) is 0 Å². The van der Waals surface area contributed by atoms with Gasteiger partial charge in [0.1, 0.15) is 5.76 Å². The molecule has 0 radical (unpaired) electrons. The molecule has 0 amide bonds. The van der Waals surface area contributed by atoms with E-state index < -0.39 is 0 Å². The summed E-state index contributed by atoms with van der Waals surface area (Å²) in [5.41, 5.74) is 4.02. The summed E-state index contributed by atoms with van der Waals surface area (Å²) in [7, 11) is 2.00. The third-order valence-electron chi connectivity index (χ3n) is 3.81. The summed E-state index contributed by atoms with van der Waals surface area (Å²) in [4.78, 5) is 2.49. The van der Waals surface area contributed by atoms with Crippen molar-refractivity contribution in [2.45, 2.75) is 38.9 Å². The van der Waals surface area contributed by atoms with Gasteiger partial charge in [-0.3, -0.25) is 0 Å². The number of anilines is 1. The lowest BCUT2D eigenvalue weighted by atomic mass is 10.1. The highest BCUT2D eigenvalue weighted by atomic mass is 16.3. The molecular weight excluding hydrogens is 248 g/mol. The van der Waals surface area contributed by atoms with Crippen molar-refractivity contribution in [1.29, 1.82) is 0 Å². The molecule has 1 N–H and O–H groups in total. The maximum atomic E-state index is 5.53. The maximum absolute atomic E-state index is 5.53. The van der Waals surface area contributed by atoms with Gasteiger partial charge in [0.25, 0.3) is 0 Å². The average Bonchev–Trinajstić information content (AvgIpc) is 3.15. The van der Waals surface area contributed by atoms with E-state index in [1.54, 1.807) is 6.26 Å². The zero-order valence-corrected chi connectivity index (χ0v) is 12.2. The Hall–Kier alpha value is -1.74. The Bertz CT molecular complexity index is 558. The van der Waals surface area contributed by atoms with Crippen LogP contribution in [-0.4, -0.2) is 13.1 Å². The normalized spacial score (nSPS) is 14.5. The smallest absolute Gasteiger partial charge is 0.123 e. The minimum Gasteiger partial charge on any atom is -0.467 e. The molecule has 0 saturated heterocycles. The van der Waals surface area contributed by atoms with Crippen molar-refractivity contribution in [3.05, 3.63) is 53.5 Å². The molecule has 20 heavy (non-hydrogen) atoms. The molecule has 3 heteroatoms. The molecule has 1 heterocycles. The first-order valence-electron chi connectivity index (χ1n) is 7.31. The monoisotopic (exact) mass is 270 g/mol. The Kier molecular flexibility index (Phi) is 3.79.